The van der Waals surface area contributed by atoms with E-state index in [1.165, 1.54) is 0 Å². The van der Waals surface area contributed by atoms with Crippen molar-refractivity contribution in [1.82, 2.24) is 9.97 Å². The van der Waals surface area contributed by atoms with Gasteiger partial charge in [0.05, 0.1) is 0 Å². The van der Waals surface area contributed by atoms with E-state index in [9.17, 15) is 0 Å². The summed E-state index contributed by atoms with van der Waals surface area (Å²) < 4.78 is 0. The summed E-state index contributed by atoms with van der Waals surface area (Å²) in [6.07, 6.45) is 9.11. The largest absolute Gasteiger partial charge is 3.00 e. The summed E-state index contributed by atoms with van der Waals surface area (Å²) in [6.45, 7) is 0. The first-order valence-electron chi connectivity index (χ1n) is 2.99. The SMILES string of the molecule is [CH3-].[Ru+3].[Ru].[c-]1ccc[nH]1.[c-]1ccc[nH]1. The fraction of sp³-hybridized carbons (Fsp3) is 0. The van der Waals surface area contributed by atoms with Gasteiger partial charge >= 0.3 is 19.5 Å². The van der Waals surface area contributed by atoms with E-state index in [1.54, 1.807) is 0 Å². The maximum atomic E-state index is 2.74. The van der Waals surface area contributed by atoms with Crippen LogP contribution in [-0.4, -0.2) is 9.97 Å². The van der Waals surface area contributed by atoms with Gasteiger partial charge in [-0.1, -0.05) is 0 Å². The number of aromatic nitrogens is 2. The minimum Gasteiger partial charge on any atom is -0.484 e. The molecule has 0 saturated carbocycles. The van der Waals surface area contributed by atoms with Crippen molar-refractivity contribution in [2.24, 2.45) is 0 Å². The molecular weight excluding hydrogens is 338 g/mol. The fourth-order valence-corrected chi connectivity index (χ4v) is 0.481. The van der Waals surface area contributed by atoms with Crippen molar-refractivity contribution in [3.63, 3.8) is 0 Å². The Morgan fingerprint density at radius 3 is 1.31 bits per heavy atom. The summed E-state index contributed by atoms with van der Waals surface area (Å²) >= 11 is 0. The second kappa shape index (κ2) is 14.3. The van der Waals surface area contributed by atoms with Crippen LogP contribution in [-0.2, 0) is 39.0 Å². The molecule has 2 aromatic heterocycles. The second-order valence-electron chi connectivity index (χ2n) is 1.63. The van der Waals surface area contributed by atoms with Gasteiger partial charge in [0.1, 0.15) is 0 Å². The zero-order valence-corrected chi connectivity index (χ0v) is 10.6. The summed E-state index contributed by atoms with van der Waals surface area (Å²) in [5, 5.41) is 0. The Bertz CT molecular complexity index is 155. The molecular formula is C9H11N2Ru2. The Balaban J connectivity index is -0.000000125. The van der Waals surface area contributed by atoms with Gasteiger partial charge in [-0.2, -0.15) is 36.7 Å². The Hall–Kier alpha value is -0.193. The molecule has 2 N–H and O–H groups in total. The van der Waals surface area contributed by atoms with E-state index in [-0.39, 0.29) is 46.4 Å². The zero-order valence-electron chi connectivity index (χ0n) is 7.17. The van der Waals surface area contributed by atoms with Gasteiger partial charge in [0.25, 0.3) is 0 Å². The Morgan fingerprint density at radius 1 is 0.846 bits per heavy atom. The molecule has 13 heavy (non-hydrogen) atoms. The molecule has 0 spiro atoms. The second-order valence-corrected chi connectivity index (χ2v) is 1.63. The molecule has 2 nitrogen and oxygen atoms in total. The number of hydrogen-bond acceptors (Lipinski definition) is 0. The average molecular weight is 349 g/mol. The number of H-pyrrole nitrogens is 2. The van der Waals surface area contributed by atoms with Gasteiger partial charge < -0.3 is 17.4 Å². The molecule has 2 heterocycles. The van der Waals surface area contributed by atoms with Gasteiger partial charge in [-0.25, -0.2) is 0 Å². The summed E-state index contributed by atoms with van der Waals surface area (Å²) in [5.41, 5.74) is 0. The Morgan fingerprint density at radius 2 is 1.23 bits per heavy atom. The number of rotatable bonds is 0. The van der Waals surface area contributed by atoms with Crippen LogP contribution in [0.3, 0.4) is 0 Å². The van der Waals surface area contributed by atoms with E-state index in [1.807, 2.05) is 36.7 Å². The maximum absolute atomic E-state index is 2.74. The molecule has 1 radical (unpaired) electrons. The van der Waals surface area contributed by atoms with E-state index in [0.717, 1.165) is 0 Å². The van der Waals surface area contributed by atoms with Gasteiger partial charge in [0.15, 0.2) is 0 Å². The molecule has 0 fully saturated rings. The van der Waals surface area contributed by atoms with Crippen molar-refractivity contribution in [1.29, 1.82) is 0 Å². The first kappa shape index (κ1) is 18.6. The van der Waals surface area contributed by atoms with Crippen molar-refractivity contribution in [3.8, 4) is 0 Å². The smallest absolute Gasteiger partial charge is 0.484 e. The van der Waals surface area contributed by atoms with Crippen molar-refractivity contribution in [3.05, 3.63) is 56.5 Å². The quantitative estimate of drug-likeness (QED) is 0.539. The summed E-state index contributed by atoms with van der Waals surface area (Å²) in [6, 6.07) is 7.42. The van der Waals surface area contributed by atoms with Crippen LogP contribution in [0, 0.1) is 19.8 Å². The van der Waals surface area contributed by atoms with Crippen molar-refractivity contribution >= 4 is 0 Å². The van der Waals surface area contributed by atoms with Crippen LogP contribution < -0.4 is 0 Å². The first-order chi connectivity index (χ1) is 5.00. The van der Waals surface area contributed by atoms with Crippen LogP contribution >= 0.6 is 0 Å². The minimum absolute atomic E-state index is 0. The maximum Gasteiger partial charge on any atom is 3.00 e. The minimum atomic E-state index is 0. The molecule has 0 atom stereocenters. The van der Waals surface area contributed by atoms with Crippen molar-refractivity contribution in [2.45, 2.75) is 0 Å². The van der Waals surface area contributed by atoms with E-state index in [0.29, 0.717) is 0 Å². The molecule has 2 aromatic rings. The van der Waals surface area contributed by atoms with Crippen LogP contribution in [0.1, 0.15) is 0 Å². The van der Waals surface area contributed by atoms with E-state index >= 15 is 0 Å². The summed E-state index contributed by atoms with van der Waals surface area (Å²) in [7, 11) is 0. The molecule has 0 aliphatic heterocycles. The third-order valence-electron chi connectivity index (χ3n) is 0.885. The number of nitrogens with one attached hydrogen (secondary N) is 2. The average Bonchev–Trinajstić information content (AvgIpc) is 2.67. The molecule has 0 unspecified atom stereocenters. The van der Waals surface area contributed by atoms with Gasteiger partial charge in [-0.15, -0.1) is 12.4 Å². The Kier molecular flexibility index (Phi) is 20.5. The van der Waals surface area contributed by atoms with Crippen LogP contribution in [0.15, 0.2) is 36.7 Å². The predicted octanol–water partition coefficient (Wildman–Crippen LogP) is 2.08. The molecule has 0 aliphatic carbocycles. The molecule has 2 rings (SSSR count). The van der Waals surface area contributed by atoms with E-state index < -0.39 is 0 Å². The molecule has 0 aromatic carbocycles. The van der Waals surface area contributed by atoms with Gasteiger partial charge in [0.2, 0.25) is 0 Å². The fourth-order valence-electron chi connectivity index (χ4n) is 0.481. The van der Waals surface area contributed by atoms with Crippen LogP contribution in [0.4, 0.5) is 0 Å². The van der Waals surface area contributed by atoms with Crippen molar-refractivity contribution < 1.29 is 39.0 Å². The standard InChI is InChI=1S/2C4H4N.CH3.2Ru/c2*1-2-4-5-3-1;;;/h2*1-3,5H;1H3;;/q3*-1;;+3. The van der Waals surface area contributed by atoms with E-state index in [2.05, 4.69) is 22.4 Å². The molecule has 0 amide bonds. The van der Waals surface area contributed by atoms with Gasteiger partial charge in [-0.3, -0.25) is 0 Å². The normalized spacial score (nSPS) is 6.15. The van der Waals surface area contributed by atoms with Crippen LogP contribution in [0.2, 0.25) is 0 Å². The first-order valence-corrected chi connectivity index (χ1v) is 2.99. The van der Waals surface area contributed by atoms with Crippen LogP contribution in [0.25, 0.3) is 0 Å². The van der Waals surface area contributed by atoms with Crippen molar-refractivity contribution in [2.75, 3.05) is 0 Å². The van der Waals surface area contributed by atoms with Gasteiger partial charge in [0, 0.05) is 19.5 Å². The summed E-state index contributed by atoms with van der Waals surface area (Å²) in [5.74, 6) is 0. The molecule has 0 bridgehead atoms. The monoisotopic (exact) mass is 351 g/mol. The predicted molar refractivity (Wildman–Crippen MR) is 45.7 cm³/mol. The summed E-state index contributed by atoms with van der Waals surface area (Å²) in [4.78, 5) is 5.47. The third-order valence-corrected chi connectivity index (χ3v) is 0.885. The Labute approximate surface area is 105 Å². The van der Waals surface area contributed by atoms with Crippen LogP contribution in [0.5, 0.6) is 0 Å². The number of aromatic amines is 2. The zero-order chi connectivity index (χ0) is 7.07. The molecule has 73 valence electrons. The molecule has 0 saturated heterocycles. The molecule has 4 heteroatoms. The number of hydrogen-bond donors (Lipinski definition) is 2. The third kappa shape index (κ3) is 11.8. The topological polar surface area (TPSA) is 31.6 Å². The van der Waals surface area contributed by atoms with Gasteiger partial charge in [-0.05, 0) is 0 Å². The molecule has 0 aliphatic rings. The van der Waals surface area contributed by atoms with E-state index in [4.69, 9.17) is 0 Å².